The molecule has 1 saturated heterocycles. The molecule has 1 heterocycles. The average molecular weight is 230 g/mol. The van der Waals surface area contributed by atoms with Crippen molar-refractivity contribution in [3.8, 4) is 0 Å². The van der Waals surface area contributed by atoms with Crippen molar-refractivity contribution in [1.29, 1.82) is 0 Å². The fourth-order valence-corrected chi connectivity index (χ4v) is 1.54. The minimum absolute atomic E-state index is 0.0463. The van der Waals surface area contributed by atoms with Crippen LogP contribution in [0.2, 0.25) is 0 Å². The van der Waals surface area contributed by atoms with E-state index in [0.717, 1.165) is 0 Å². The second kappa shape index (κ2) is 3.31. The van der Waals surface area contributed by atoms with E-state index in [1.165, 1.54) is 31.2 Å². The third kappa shape index (κ3) is 1.61. The van der Waals surface area contributed by atoms with E-state index in [1.54, 1.807) is 0 Å². The highest BCUT2D eigenvalue weighted by Crippen LogP contribution is 2.51. The molecule has 0 amide bonds. The first-order chi connectivity index (χ1) is 7.37. The molecule has 1 atom stereocenters. The zero-order valence-corrected chi connectivity index (χ0v) is 8.47. The molecule has 1 aromatic carbocycles. The molecule has 0 unspecified atom stereocenters. The van der Waals surface area contributed by atoms with E-state index in [2.05, 4.69) is 4.74 Å². The first-order valence-electron chi connectivity index (χ1n) is 4.69. The average Bonchev–Trinajstić information content (AvgIpc) is 2.97. The third-order valence-electron chi connectivity index (χ3n) is 2.65. The smallest absolute Gasteiger partial charge is 0.355 e. The number of benzene rings is 1. The number of carbonyl (C=O) groups excluding carboxylic acids is 1. The van der Waals surface area contributed by atoms with Gasteiger partial charge in [0.1, 0.15) is 0 Å². The summed E-state index contributed by atoms with van der Waals surface area (Å²) in [6, 6.07) is 5.34. The zero-order valence-electron chi connectivity index (χ0n) is 8.47. The second-order valence-corrected chi connectivity index (χ2v) is 3.75. The van der Waals surface area contributed by atoms with E-state index in [0.29, 0.717) is 5.56 Å². The highest BCUT2D eigenvalue weighted by molar-refractivity contribution is 5.94. The van der Waals surface area contributed by atoms with Gasteiger partial charge in [-0.3, -0.25) is 4.79 Å². The maximum absolute atomic E-state index is 12.6. The lowest BCUT2D eigenvalue weighted by atomic mass is 9.97. The SMILES string of the molecule is CC(=O)c1ccc([C@@]2(C(F)(F)F)CO2)cc1. The van der Waals surface area contributed by atoms with Gasteiger partial charge < -0.3 is 4.74 Å². The predicted octanol–water partition coefficient (Wildman–Crippen LogP) is 2.68. The Hall–Kier alpha value is -1.36. The van der Waals surface area contributed by atoms with Crippen molar-refractivity contribution in [1.82, 2.24) is 0 Å². The Morgan fingerprint density at radius 3 is 2.12 bits per heavy atom. The minimum Gasteiger partial charge on any atom is -0.355 e. The van der Waals surface area contributed by atoms with Crippen molar-refractivity contribution in [3.05, 3.63) is 35.4 Å². The van der Waals surface area contributed by atoms with E-state index < -0.39 is 11.8 Å². The molecule has 0 radical (unpaired) electrons. The van der Waals surface area contributed by atoms with Crippen LogP contribution in [-0.2, 0) is 10.3 Å². The number of ketones is 1. The number of Topliss-reactive ketones (excluding diaryl/α,β-unsaturated/α-hetero) is 1. The van der Waals surface area contributed by atoms with Crippen molar-refractivity contribution in [2.75, 3.05) is 6.61 Å². The number of alkyl halides is 3. The van der Waals surface area contributed by atoms with E-state index in [4.69, 9.17) is 0 Å². The summed E-state index contributed by atoms with van der Waals surface area (Å²) in [5.74, 6) is -0.177. The topological polar surface area (TPSA) is 29.6 Å². The number of ether oxygens (including phenoxy) is 1. The zero-order chi connectivity index (χ0) is 12.0. The number of hydrogen-bond acceptors (Lipinski definition) is 2. The lowest BCUT2D eigenvalue weighted by molar-refractivity contribution is -0.187. The van der Waals surface area contributed by atoms with Gasteiger partial charge in [0, 0.05) is 5.56 Å². The molecule has 2 nitrogen and oxygen atoms in total. The van der Waals surface area contributed by atoms with E-state index >= 15 is 0 Å². The van der Waals surface area contributed by atoms with Gasteiger partial charge in [-0.05, 0) is 12.5 Å². The monoisotopic (exact) mass is 230 g/mol. The molecule has 1 aromatic rings. The standard InChI is InChI=1S/C11H9F3O2/c1-7(15)8-2-4-9(5-3-8)10(6-16-10)11(12,13)14/h2-5H,6H2,1H3/t10-/m1/s1. The van der Waals surface area contributed by atoms with Gasteiger partial charge in [-0.15, -0.1) is 0 Å². The van der Waals surface area contributed by atoms with E-state index in [-0.39, 0.29) is 18.0 Å². The molecular weight excluding hydrogens is 221 g/mol. The molecule has 0 bridgehead atoms. The Balaban J connectivity index is 2.33. The van der Waals surface area contributed by atoms with Gasteiger partial charge in [-0.1, -0.05) is 24.3 Å². The molecule has 1 aliphatic rings. The van der Waals surface area contributed by atoms with Crippen LogP contribution in [0.3, 0.4) is 0 Å². The van der Waals surface area contributed by atoms with Crippen molar-refractivity contribution in [2.45, 2.75) is 18.7 Å². The van der Waals surface area contributed by atoms with Crippen LogP contribution in [0.15, 0.2) is 24.3 Å². The van der Waals surface area contributed by atoms with Gasteiger partial charge in [0.05, 0.1) is 6.61 Å². The van der Waals surface area contributed by atoms with Crippen LogP contribution in [0.25, 0.3) is 0 Å². The highest BCUT2D eigenvalue weighted by Gasteiger charge is 2.67. The molecule has 0 aliphatic carbocycles. The minimum atomic E-state index is -4.41. The van der Waals surface area contributed by atoms with Crippen molar-refractivity contribution in [2.24, 2.45) is 0 Å². The summed E-state index contributed by atoms with van der Waals surface area (Å²) < 4.78 is 42.5. The largest absolute Gasteiger partial charge is 0.424 e. The number of epoxide rings is 1. The summed E-state index contributed by atoms with van der Waals surface area (Å²) >= 11 is 0. The number of hydrogen-bond donors (Lipinski definition) is 0. The molecule has 0 aromatic heterocycles. The van der Waals surface area contributed by atoms with Crippen LogP contribution in [0.5, 0.6) is 0 Å². The molecule has 0 saturated carbocycles. The fourth-order valence-electron chi connectivity index (χ4n) is 1.54. The maximum Gasteiger partial charge on any atom is 0.424 e. The van der Waals surface area contributed by atoms with Crippen molar-refractivity contribution in [3.63, 3.8) is 0 Å². The van der Waals surface area contributed by atoms with Crippen LogP contribution in [0.4, 0.5) is 13.2 Å². The van der Waals surface area contributed by atoms with Crippen LogP contribution < -0.4 is 0 Å². The fraction of sp³-hybridized carbons (Fsp3) is 0.364. The van der Waals surface area contributed by atoms with E-state index in [1.807, 2.05) is 0 Å². The Labute approximate surface area is 90.0 Å². The van der Waals surface area contributed by atoms with Gasteiger partial charge in [0.15, 0.2) is 5.78 Å². The van der Waals surface area contributed by atoms with Gasteiger partial charge >= 0.3 is 6.18 Å². The van der Waals surface area contributed by atoms with Crippen LogP contribution in [-0.4, -0.2) is 18.6 Å². The van der Waals surface area contributed by atoms with Crippen LogP contribution >= 0.6 is 0 Å². The molecule has 5 heteroatoms. The van der Waals surface area contributed by atoms with E-state index in [9.17, 15) is 18.0 Å². The Bertz CT molecular complexity index is 416. The Morgan fingerprint density at radius 1 is 1.31 bits per heavy atom. The van der Waals surface area contributed by atoms with Gasteiger partial charge in [0.2, 0.25) is 5.60 Å². The van der Waals surface area contributed by atoms with Gasteiger partial charge in [-0.2, -0.15) is 13.2 Å². The first kappa shape index (κ1) is 11.1. The third-order valence-corrected chi connectivity index (χ3v) is 2.65. The molecule has 1 fully saturated rings. The van der Waals surface area contributed by atoms with Gasteiger partial charge in [-0.25, -0.2) is 0 Å². The summed E-state index contributed by atoms with van der Waals surface area (Å²) in [6.45, 7) is 1.01. The number of rotatable bonds is 2. The normalized spacial score (nSPS) is 24.2. The first-order valence-corrected chi connectivity index (χ1v) is 4.69. The molecule has 2 rings (SSSR count). The quantitative estimate of drug-likeness (QED) is 0.577. The lowest BCUT2D eigenvalue weighted by Gasteiger charge is -2.16. The Morgan fingerprint density at radius 2 is 1.81 bits per heavy atom. The van der Waals surface area contributed by atoms with Crippen molar-refractivity contribution >= 4 is 5.78 Å². The summed E-state index contributed by atoms with van der Waals surface area (Å²) in [4.78, 5) is 11.0. The van der Waals surface area contributed by atoms with Gasteiger partial charge in [0.25, 0.3) is 0 Å². The lowest BCUT2D eigenvalue weighted by Crippen LogP contribution is -2.30. The molecule has 1 aliphatic heterocycles. The molecule has 0 spiro atoms. The molecule has 86 valence electrons. The molecule has 16 heavy (non-hydrogen) atoms. The second-order valence-electron chi connectivity index (χ2n) is 3.75. The molecular formula is C11H9F3O2. The highest BCUT2D eigenvalue weighted by atomic mass is 19.4. The summed E-state index contributed by atoms with van der Waals surface area (Å²) in [5.41, 5.74) is -1.71. The summed E-state index contributed by atoms with van der Waals surface area (Å²) in [7, 11) is 0. The number of carbonyl (C=O) groups is 1. The van der Waals surface area contributed by atoms with Crippen LogP contribution in [0, 0.1) is 0 Å². The molecule has 0 N–H and O–H groups in total. The Kier molecular flexibility index (Phi) is 2.31. The predicted molar refractivity (Wildman–Crippen MR) is 50.1 cm³/mol. The summed E-state index contributed by atoms with van der Waals surface area (Å²) in [5, 5.41) is 0. The van der Waals surface area contributed by atoms with Crippen molar-refractivity contribution < 1.29 is 22.7 Å². The number of halogens is 3. The van der Waals surface area contributed by atoms with Crippen LogP contribution in [0.1, 0.15) is 22.8 Å². The maximum atomic E-state index is 12.6. The summed E-state index contributed by atoms with van der Waals surface area (Å²) in [6.07, 6.45) is -4.41.